The number of nitrogens with zero attached hydrogens (tertiary/aromatic N) is 3. The number of hydrogen-bond acceptors (Lipinski definition) is 6. The molecule has 2 heterocycles. The molecule has 1 aromatic carbocycles. The average Bonchev–Trinajstić information content (AvgIpc) is 2.70. The number of aromatic nitrogens is 2. The summed E-state index contributed by atoms with van der Waals surface area (Å²) in [4.78, 5) is 21.9. The zero-order valence-electron chi connectivity index (χ0n) is 16.1. The van der Waals surface area contributed by atoms with Crippen LogP contribution in [-0.4, -0.2) is 41.4 Å². The van der Waals surface area contributed by atoms with Gasteiger partial charge < -0.3 is 19.7 Å². The highest BCUT2D eigenvalue weighted by Gasteiger charge is 2.24. The van der Waals surface area contributed by atoms with E-state index in [2.05, 4.69) is 9.97 Å². The minimum absolute atomic E-state index is 0.0578. The SMILES string of the molecule is CCOc1ccccc1Cc1nc(N2CCC(CCO)CC2)c(C#N)c(=O)[nH]1. The Morgan fingerprint density at radius 1 is 1.36 bits per heavy atom. The van der Waals surface area contributed by atoms with Gasteiger partial charge in [0.25, 0.3) is 5.56 Å². The fraction of sp³-hybridized carbons (Fsp3) is 0.476. The van der Waals surface area contributed by atoms with E-state index in [0.29, 0.717) is 30.6 Å². The van der Waals surface area contributed by atoms with Gasteiger partial charge in [0.05, 0.1) is 6.61 Å². The standard InChI is InChI=1S/C21H26N4O3/c1-2-28-18-6-4-3-5-16(18)13-19-23-20(17(14-22)21(27)24-19)25-10-7-15(8-11-25)9-12-26/h3-6,15,26H,2,7-13H2,1H3,(H,23,24,27). The van der Waals surface area contributed by atoms with Crippen LogP contribution in [0.15, 0.2) is 29.1 Å². The first-order valence-electron chi connectivity index (χ1n) is 9.76. The number of piperidine rings is 1. The monoisotopic (exact) mass is 382 g/mol. The Labute approximate surface area is 164 Å². The summed E-state index contributed by atoms with van der Waals surface area (Å²) in [5.41, 5.74) is 0.584. The maximum absolute atomic E-state index is 12.5. The Bertz CT molecular complexity index is 895. The van der Waals surface area contributed by atoms with E-state index >= 15 is 0 Å². The molecule has 3 rings (SSSR count). The van der Waals surface area contributed by atoms with E-state index in [1.807, 2.05) is 42.2 Å². The Balaban J connectivity index is 1.87. The van der Waals surface area contributed by atoms with Crippen LogP contribution in [0.2, 0.25) is 0 Å². The van der Waals surface area contributed by atoms with Crippen LogP contribution in [-0.2, 0) is 6.42 Å². The molecule has 1 aliphatic rings. The number of ether oxygens (including phenoxy) is 1. The number of nitrogens with one attached hydrogen (secondary N) is 1. The van der Waals surface area contributed by atoms with Crippen LogP contribution in [0.3, 0.4) is 0 Å². The second kappa shape index (κ2) is 9.38. The van der Waals surface area contributed by atoms with Gasteiger partial charge in [-0.2, -0.15) is 5.26 Å². The van der Waals surface area contributed by atoms with E-state index in [1.54, 1.807) is 0 Å². The fourth-order valence-electron chi connectivity index (χ4n) is 3.66. The molecule has 2 aromatic rings. The third-order valence-corrected chi connectivity index (χ3v) is 5.14. The predicted molar refractivity (Wildman–Crippen MR) is 107 cm³/mol. The van der Waals surface area contributed by atoms with Gasteiger partial charge in [0.15, 0.2) is 11.4 Å². The summed E-state index contributed by atoms with van der Waals surface area (Å²) in [6.07, 6.45) is 3.05. The fourth-order valence-corrected chi connectivity index (χ4v) is 3.66. The topological polar surface area (TPSA) is 102 Å². The minimum atomic E-state index is -0.408. The van der Waals surface area contributed by atoms with Crippen molar-refractivity contribution in [1.82, 2.24) is 9.97 Å². The maximum Gasteiger partial charge on any atom is 0.271 e. The molecule has 0 radical (unpaired) electrons. The van der Waals surface area contributed by atoms with Crippen LogP contribution in [0.1, 0.15) is 43.1 Å². The predicted octanol–water partition coefficient (Wildman–Crippen LogP) is 2.23. The lowest BCUT2D eigenvalue weighted by molar-refractivity contribution is 0.240. The average molecular weight is 382 g/mol. The normalized spacial score (nSPS) is 14.7. The van der Waals surface area contributed by atoms with Gasteiger partial charge in [0, 0.05) is 31.7 Å². The molecule has 1 saturated heterocycles. The Hall–Kier alpha value is -2.85. The van der Waals surface area contributed by atoms with Crippen LogP contribution in [0, 0.1) is 17.2 Å². The zero-order chi connectivity index (χ0) is 19.9. The second-order valence-corrected chi connectivity index (χ2v) is 6.98. The van der Waals surface area contributed by atoms with Crippen molar-refractivity contribution in [2.24, 2.45) is 5.92 Å². The Morgan fingerprint density at radius 3 is 2.79 bits per heavy atom. The Morgan fingerprint density at radius 2 is 2.11 bits per heavy atom. The van der Waals surface area contributed by atoms with Crippen molar-refractivity contribution in [3.8, 4) is 11.8 Å². The number of aliphatic hydroxyl groups is 1. The van der Waals surface area contributed by atoms with Crippen molar-refractivity contribution >= 4 is 5.82 Å². The highest BCUT2D eigenvalue weighted by atomic mass is 16.5. The molecule has 0 amide bonds. The van der Waals surface area contributed by atoms with E-state index in [1.165, 1.54) is 0 Å². The number of aromatic amines is 1. The van der Waals surface area contributed by atoms with E-state index in [9.17, 15) is 10.1 Å². The van der Waals surface area contributed by atoms with Gasteiger partial charge in [-0.3, -0.25) is 4.79 Å². The van der Waals surface area contributed by atoms with Gasteiger partial charge in [-0.1, -0.05) is 18.2 Å². The van der Waals surface area contributed by atoms with Crippen LogP contribution >= 0.6 is 0 Å². The first-order chi connectivity index (χ1) is 13.7. The molecule has 28 heavy (non-hydrogen) atoms. The number of hydrogen-bond donors (Lipinski definition) is 2. The summed E-state index contributed by atoms with van der Waals surface area (Å²) in [6, 6.07) is 9.68. The molecule has 1 aromatic heterocycles. The van der Waals surface area contributed by atoms with Crippen LogP contribution in [0.25, 0.3) is 0 Å². The summed E-state index contributed by atoms with van der Waals surface area (Å²) in [6.45, 7) is 4.13. The first-order valence-corrected chi connectivity index (χ1v) is 9.76. The quantitative estimate of drug-likeness (QED) is 0.761. The summed E-state index contributed by atoms with van der Waals surface area (Å²) >= 11 is 0. The lowest BCUT2D eigenvalue weighted by Gasteiger charge is -2.33. The van der Waals surface area contributed by atoms with Crippen LogP contribution in [0.4, 0.5) is 5.82 Å². The third kappa shape index (κ3) is 4.52. The molecule has 0 unspecified atom stereocenters. The number of H-pyrrole nitrogens is 1. The number of anilines is 1. The number of nitriles is 1. The van der Waals surface area contributed by atoms with Crippen molar-refractivity contribution in [1.29, 1.82) is 5.26 Å². The second-order valence-electron chi connectivity index (χ2n) is 6.98. The van der Waals surface area contributed by atoms with Gasteiger partial charge >= 0.3 is 0 Å². The number of para-hydroxylation sites is 1. The van der Waals surface area contributed by atoms with E-state index in [4.69, 9.17) is 9.84 Å². The van der Waals surface area contributed by atoms with E-state index in [-0.39, 0.29) is 12.2 Å². The van der Waals surface area contributed by atoms with Gasteiger partial charge in [0.1, 0.15) is 17.6 Å². The van der Waals surface area contributed by atoms with Crippen molar-refractivity contribution in [2.45, 2.75) is 32.6 Å². The lowest BCUT2D eigenvalue weighted by atomic mass is 9.94. The summed E-state index contributed by atoms with van der Waals surface area (Å²) in [7, 11) is 0. The van der Waals surface area contributed by atoms with Crippen molar-refractivity contribution < 1.29 is 9.84 Å². The van der Waals surface area contributed by atoms with Gasteiger partial charge in [-0.25, -0.2) is 4.98 Å². The highest BCUT2D eigenvalue weighted by molar-refractivity contribution is 5.53. The van der Waals surface area contributed by atoms with E-state index in [0.717, 1.165) is 43.7 Å². The lowest BCUT2D eigenvalue weighted by Crippen LogP contribution is -2.36. The van der Waals surface area contributed by atoms with Crippen LogP contribution in [0.5, 0.6) is 5.75 Å². The smallest absolute Gasteiger partial charge is 0.271 e. The molecule has 1 aliphatic heterocycles. The maximum atomic E-state index is 12.5. The molecule has 2 N–H and O–H groups in total. The number of aliphatic hydroxyl groups excluding tert-OH is 1. The van der Waals surface area contributed by atoms with E-state index < -0.39 is 5.56 Å². The number of rotatable bonds is 7. The zero-order valence-corrected chi connectivity index (χ0v) is 16.1. The number of benzene rings is 1. The summed E-state index contributed by atoms with van der Waals surface area (Å²) < 4.78 is 5.66. The molecule has 1 fully saturated rings. The molecule has 0 atom stereocenters. The molecule has 0 aliphatic carbocycles. The molecular formula is C21H26N4O3. The minimum Gasteiger partial charge on any atom is -0.494 e. The molecule has 0 saturated carbocycles. The third-order valence-electron chi connectivity index (χ3n) is 5.14. The van der Waals surface area contributed by atoms with Gasteiger partial charge in [-0.15, -0.1) is 0 Å². The highest BCUT2D eigenvalue weighted by Crippen LogP contribution is 2.26. The van der Waals surface area contributed by atoms with Crippen LogP contribution < -0.4 is 15.2 Å². The molecule has 148 valence electrons. The Kier molecular flexibility index (Phi) is 6.66. The van der Waals surface area contributed by atoms with Gasteiger partial charge in [-0.05, 0) is 38.2 Å². The van der Waals surface area contributed by atoms with Crippen molar-refractivity contribution in [2.75, 3.05) is 31.2 Å². The summed E-state index contributed by atoms with van der Waals surface area (Å²) in [5, 5.41) is 18.6. The summed E-state index contributed by atoms with van der Waals surface area (Å²) in [5.74, 6) is 2.22. The molecule has 0 spiro atoms. The molecule has 7 nitrogen and oxygen atoms in total. The molecule has 7 heteroatoms. The van der Waals surface area contributed by atoms with Crippen molar-refractivity contribution in [3.05, 3.63) is 51.6 Å². The largest absolute Gasteiger partial charge is 0.494 e. The molecular weight excluding hydrogens is 356 g/mol. The van der Waals surface area contributed by atoms with Gasteiger partial charge in [0.2, 0.25) is 0 Å². The van der Waals surface area contributed by atoms with Crippen molar-refractivity contribution in [3.63, 3.8) is 0 Å². The first kappa shape index (κ1) is 19.9. The molecule has 0 bridgehead atoms.